The highest BCUT2D eigenvalue weighted by molar-refractivity contribution is 5.83. The second-order valence-corrected chi connectivity index (χ2v) is 8.32. The molecule has 4 aliphatic carbocycles. The first-order valence-corrected chi connectivity index (χ1v) is 8.55. The summed E-state index contributed by atoms with van der Waals surface area (Å²) in [7, 11) is 2.10. The summed E-state index contributed by atoms with van der Waals surface area (Å²) < 4.78 is 0. The molecule has 4 saturated carbocycles. The van der Waals surface area contributed by atoms with E-state index >= 15 is 0 Å². The van der Waals surface area contributed by atoms with Crippen LogP contribution in [-0.2, 0) is 4.79 Å². The molecular formula is C17H28N2O. The summed E-state index contributed by atoms with van der Waals surface area (Å²) in [5, 5.41) is 3.37. The van der Waals surface area contributed by atoms with E-state index in [1.807, 2.05) is 0 Å². The Kier molecular flexibility index (Phi) is 2.93. The first-order chi connectivity index (χ1) is 9.57. The van der Waals surface area contributed by atoms with Crippen molar-refractivity contribution in [2.24, 2.45) is 29.1 Å². The topological polar surface area (TPSA) is 32.3 Å². The lowest BCUT2D eigenvalue weighted by molar-refractivity contribution is -0.150. The van der Waals surface area contributed by atoms with Crippen LogP contribution in [0.3, 0.4) is 0 Å². The molecule has 1 saturated heterocycles. The van der Waals surface area contributed by atoms with Gasteiger partial charge in [-0.2, -0.15) is 0 Å². The fourth-order valence-corrected chi connectivity index (χ4v) is 6.09. The predicted molar refractivity (Wildman–Crippen MR) is 79.2 cm³/mol. The molecule has 4 bridgehead atoms. The van der Waals surface area contributed by atoms with Gasteiger partial charge in [-0.25, -0.2) is 0 Å². The minimum Gasteiger partial charge on any atom is -0.342 e. The van der Waals surface area contributed by atoms with Crippen molar-refractivity contribution in [2.75, 3.05) is 20.1 Å². The molecule has 1 unspecified atom stereocenters. The number of hydrogen-bond donors (Lipinski definition) is 1. The first kappa shape index (κ1) is 13.1. The van der Waals surface area contributed by atoms with Crippen LogP contribution in [0.25, 0.3) is 0 Å². The van der Waals surface area contributed by atoms with Gasteiger partial charge in [0.2, 0.25) is 5.91 Å². The van der Waals surface area contributed by atoms with Crippen LogP contribution in [0.15, 0.2) is 0 Å². The molecule has 1 amide bonds. The van der Waals surface area contributed by atoms with Crippen molar-refractivity contribution in [3.63, 3.8) is 0 Å². The first-order valence-electron chi connectivity index (χ1n) is 8.55. The van der Waals surface area contributed by atoms with E-state index in [0.29, 0.717) is 11.9 Å². The third kappa shape index (κ3) is 1.85. The average Bonchev–Trinajstić information content (AvgIpc) is 2.84. The van der Waals surface area contributed by atoms with E-state index in [0.717, 1.165) is 43.2 Å². The van der Waals surface area contributed by atoms with Crippen LogP contribution in [-0.4, -0.2) is 37.0 Å². The van der Waals surface area contributed by atoms with Gasteiger partial charge >= 0.3 is 0 Å². The molecule has 0 spiro atoms. The van der Waals surface area contributed by atoms with E-state index in [9.17, 15) is 4.79 Å². The Morgan fingerprint density at radius 3 is 2.20 bits per heavy atom. The molecule has 0 aromatic rings. The fourth-order valence-electron chi connectivity index (χ4n) is 6.09. The van der Waals surface area contributed by atoms with Crippen LogP contribution in [0, 0.1) is 29.1 Å². The van der Waals surface area contributed by atoms with Gasteiger partial charge < -0.3 is 10.2 Å². The van der Waals surface area contributed by atoms with Crippen LogP contribution in [0.5, 0.6) is 0 Å². The smallest absolute Gasteiger partial charge is 0.229 e. The second-order valence-electron chi connectivity index (χ2n) is 8.32. The van der Waals surface area contributed by atoms with Crippen molar-refractivity contribution in [3.05, 3.63) is 0 Å². The number of carbonyl (C=O) groups excluding carboxylic acids is 1. The molecular weight excluding hydrogens is 248 g/mol. The molecule has 0 aromatic carbocycles. The largest absolute Gasteiger partial charge is 0.342 e. The van der Waals surface area contributed by atoms with Crippen molar-refractivity contribution < 1.29 is 4.79 Å². The molecule has 112 valence electrons. The molecule has 3 nitrogen and oxygen atoms in total. The Labute approximate surface area is 122 Å². The summed E-state index contributed by atoms with van der Waals surface area (Å²) in [4.78, 5) is 15.2. The summed E-state index contributed by atoms with van der Waals surface area (Å²) in [5.41, 5.74) is -0.149. The van der Waals surface area contributed by atoms with Crippen molar-refractivity contribution in [1.29, 1.82) is 0 Å². The number of nitrogens with one attached hydrogen (secondary N) is 1. The minimum atomic E-state index is -0.149. The summed E-state index contributed by atoms with van der Waals surface area (Å²) in [6.07, 6.45) is 8.06. The minimum absolute atomic E-state index is 0.149. The van der Waals surface area contributed by atoms with Crippen LogP contribution in [0.1, 0.15) is 45.4 Å². The molecule has 1 heterocycles. The van der Waals surface area contributed by atoms with Crippen LogP contribution in [0.2, 0.25) is 0 Å². The highest BCUT2D eigenvalue weighted by Gasteiger charge is 2.52. The maximum atomic E-state index is 13.0. The summed E-state index contributed by atoms with van der Waals surface area (Å²) in [6, 6.07) is 0.549. The van der Waals surface area contributed by atoms with Crippen molar-refractivity contribution in [2.45, 2.75) is 51.5 Å². The molecule has 20 heavy (non-hydrogen) atoms. The lowest BCUT2D eigenvalue weighted by Crippen LogP contribution is -2.58. The summed E-state index contributed by atoms with van der Waals surface area (Å²) >= 11 is 0. The van der Waals surface area contributed by atoms with Gasteiger partial charge in [-0.3, -0.25) is 4.79 Å². The summed E-state index contributed by atoms with van der Waals surface area (Å²) in [6.45, 7) is 4.02. The quantitative estimate of drug-likeness (QED) is 0.839. The van der Waals surface area contributed by atoms with E-state index in [2.05, 4.69) is 24.2 Å². The van der Waals surface area contributed by atoms with E-state index in [1.165, 1.54) is 32.1 Å². The van der Waals surface area contributed by atoms with Gasteiger partial charge in [-0.1, -0.05) is 0 Å². The zero-order valence-electron chi connectivity index (χ0n) is 12.9. The maximum Gasteiger partial charge on any atom is 0.229 e. The van der Waals surface area contributed by atoms with Crippen LogP contribution < -0.4 is 5.32 Å². The Balaban J connectivity index is 1.53. The Morgan fingerprint density at radius 2 is 1.70 bits per heavy atom. The van der Waals surface area contributed by atoms with Crippen molar-refractivity contribution >= 4 is 5.91 Å². The van der Waals surface area contributed by atoms with Gasteiger partial charge in [-0.15, -0.1) is 0 Å². The molecule has 5 aliphatic rings. The zero-order valence-corrected chi connectivity index (χ0v) is 12.9. The van der Waals surface area contributed by atoms with E-state index < -0.39 is 0 Å². The van der Waals surface area contributed by atoms with Crippen LogP contribution >= 0.6 is 0 Å². The number of carbonyl (C=O) groups is 1. The Morgan fingerprint density at radius 1 is 1.10 bits per heavy atom. The number of amides is 1. The van der Waals surface area contributed by atoms with E-state index in [4.69, 9.17) is 0 Å². The molecule has 1 aliphatic heterocycles. The molecule has 3 heteroatoms. The van der Waals surface area contributed by atoms with Crippen molar-refractivity contribution in [3.8, 4) is 0 Å². The van der Waals surface area contributed by atoms with Gasteiger partial charge in [0.25, 0.3) is 0 Å². The van der Waals surface area contributed by atoms with Crippen molar-refractivity contribution in [1.82, 2.24) is 10.2 Å². The molecule has 5 rings (SSSR count). The third-order valence-corrected chi connectivity index (χ3v) is 6.83. The summed E-state index contributed by atoms with van der Waals surface area (Å²) in [5.74, 6) is 3.98. The molecule has 0 radical (unpaired) electrons. The van der Waals surface area contributed by atoms with Gasteiger partial charge in [-0.05, 0) is 75.7 Å². The zero-order chi connectivity index (χ0) is 13.9. The molecule has 5 fully saturated rings. The van der Waals surface area contributed by atoms with Gasteiger partial charge in [0.15, 0.2) is 0 Å². The third-order valence-electron chi connectivity index (χ3n) is 6.83. The standard InChI is InChI=1S/C17H28N2O/c1-17(3-4-18-10-17)16(20)19(2)15-13-6-11-5-12(8-13)9-14(15)7-11/h11-15,18H,3-10H2,1-2H3. The Bertz CT molecular complexity index is 385. The van der Waals surface area contributed by atoms with E-state index in [-0.39, 0.29) is 5.41 Å². The normalized spacial score (nSPS) is 49.6. The number of hydrogen-bond acceptors (Lipinski definition) is 2. The fraction of sp³-hybridized carbons (Fsp3) is 0.941. The number of nitrogens with zero attached hydrogens (tertiary/aromatic N) is 1. The molecule has 1 atom stereocenters. The Hall–Kier alpha value is -0.570. The van der Waals surface area contributed by atoms with Gasteiger partial charge in [0, 0.05) is 19.6 Å². The monoisotopic (exact) mass is 276 g/mol. The molecule has 0 aromatic heterocycles. The maximum absolute atomic E-state index is 13.0. The lowest BCUT2D eigenvalue weighted by Gasteiger charge is -2.57. The van der Waals surface area contributed by atoms with Gasteiger partial charge in [0.1, 0.15) is 0 Å². The highest BCUT2D eigenvalue weighted by Crippen LogP contribution is 2.55. The number of rotatable bonds is 2. The highest BCUT2D eigenvalue weighted by atomic mass is 16.2. The SMILES string of the molecule is CN(C(=O)C1(C)CCNC1)C1C2CC3CC(C2)CC1C3. The molecule has 1 N–H and O–H groups in total. The average molecular weight is 276 g/mol. The van der Waals surface area contributed by atoms with Gasteiger partial charge in [0.05, 0.1) is 5.41 Å². The van der Waals surface area contributed by atoms with Crippen LogP contribution in [0.4, 0.5) is 0 Å². The lowest BCUT2D eigenvalue weighted by atomic mass is 9.54. The van der Waals surface area contributed by atoms with E-state index in [1.54, 1.807) is 0 Å². The predicted octanol–water partition coefficient (Wildman–Crippen LogP) is 2.27. The second kappa shape index (κ2) is 4.46.